The van der Waals surface area contributed by atoms with Crippen molar-refractivity contribution in [3.63, 3.8) is 0 Å². The molecule has 1 unspecified atom stereocenters. The third-order valence-electron chi connectivity index (χ3n) is 3.02. The molecule has 1 aliphatic heterocycles. The van der Waals surface area contributed by atoms with Gasteiger partial charge < -0.3 is 20.2 Å². The number of urea groups is 1. The molecular weight excluding hydrogens is 238 g/mol. The van der Waals surface area contributed by atoms with Crippen molar-refractivity contribution in [1.82, 2.24) is 15.1 Å². The van der Waals surface area contributed by atoms with Crippen molar-refractivity contribution >= 4 is 17.9 Å². The molecule has 1 atom stereocenters. The van der Waals surface area contributed by atoms with Crippen molar-refractivity contribution in [3.8, 4) is 0 Å². The van der Waals surface area contributed by atoms with E-state index < -0.39 is 12.0 Å². The molecule has 3 amide bonds. The van der Waals surface area contributed by atoms with Crippen LogP contribution in [-0.4, -0.2) is 65.5 Å². The van der Waals surface area contributed by atoms with Crippen LogP contribution in [0.15, 0.2) is 0 Å². The van der Waals surface area contributed by atoms with Gasteiger partial charge in [-0.15, -0.1) is 0 Å². The normalized spacial score (nSPS) is 17.7. The van der Waals surface area contributed by atoms with Crippen molar-refractivity contribution < 1.29 is 19.5 Å². The van der Waals surface area contributed by atoms with E-state index in [-0.39, 0.29) is 18.4 Å². The first-order valence-electron chi connectivity index (χ1n) is 5.98. The zero-order chi connectivity index (χ0) is 13.7. The number of carbonyl (C=O) groups is 3. The van der Waals surface area contributed by atoms with Gasteiger partial charge in [-0.1, -0.05) is 6.92 Å². The maximum atomic E-state index is 12.1. The average molecular weight is 257 g/mol. The van der Waals surface area contributed by atoms with E-state index in [2.05, 4.69) is 5.32 Å². The van der Waals surface area contributed by atoms with E-state index in [4.69, 9.17) is 5.11 Å². The van der Waals surface area contributed by atoms with E-state index >= 15 is 0 Å². The molecule has 0 saturated carbocycles. The smallest absolute Gasteiger partial charge is 0.326 e. The van der Waals surface area contributed by atoms with Crippen LogP contribution in [0.3, 0.4) is 0 Å². The van der Waals surface area contributed by atoms with Crippen LogP contribution in [0.1, 0.15) is 19.8 Å². The summed E-state index contributed by atoms with van der Waals surface area (Å²) in [5, 5.41) is 11.7. The molecule has 0 bridgehead atoms. The van der Waals surface area contributed by atoms with E-state index in [1.165, 1.54) is 16.8 Å². The fourth-order valence-corrected chi connectivity index (χ4v) is 1.93. The summed E-state index contributed by atoms with van der Waals surface area (Å²) in [6.07, 6.45) is 0.603. The van der Waals surface area contributed by atoms with Crippen LogP contribution in [0.25, 0.3) is 0 Å². The monoisotopic (exact) mass is 257 g/mol. The van der Waals surface area contributed by atoms with E-state index in [0.29, 0.717) is 26.1 Å². The predicted molar refractivity (Wildman–Crippen MR) is 64.1 cm³/mol. The number of amides is 3. The second kappa shape index (κ2) is 6.23. The molecule has 7 nitrogen and oxygen atoms in total. The molecule has 102 valence electrons. The first-order chi connectivity index (χ1) is 8.47. The zero-order valence-corrected chi connectivity index (χ0v) is 10.7. The summed E-state index contributed by atoms with van der Waals surface area (Å²) in [5.41, 5.74) is 0. The lowest BCUT2D eigenvalue weighted by molar-refractivity contribution is -0.142. The Morgan fingerprint density at radius 3 is 2.72 bits per heavy atom. The molecule has 1 heterocycles. The molecule has 0 aromatic heterocycles. The van der Waals surface area contributed by atoms with Gasteiger partial charge in [0, 0.05) is 33.1 Å². The molecule has 2 N–H and O–H groups in total. The van der Waals surface area contributed by atoms with Crippen molar-refractivity contribution in [3.05, 3.63) is 0 Å². The Balaban J connectivity index is 2.67. The summed E-state index contributed by atoms with van der Waals surface area (Å²) >= 11 is 0. The van der Waals surface area contributed by atoms with E-state index in [0.717, 1.165) is 0 Å². The molecule has 1 rings (SSSR count). The number of rotatable bonds is 3. The van der Waals surface area contributed by atoms with Gasteiger partial charge >= 0.3 is 12.0 Å². The summed E-state index contributed by atoms with van der Waals surface area (Å²) in [7, 11) is 1.48. The molecule has 0 aliphatic carbocycles. The Morgan fingerprint density at radius 1 is 1.50 bits per heavy atom. The number of nitrogens with zero attached hydrogens (tertiary/aromatic N) is 2. The Morgan fingerprint density at radius 2 is 2.17 bits per heavy atom. The SMILES string of the molecule is CCC(C(=O)O)N(C)C(=O)N1CCNC(=O)CC1. The van der Waals surface area contributed by atoms with Gasteiger partial charge in [-0.2, -0.15) is 0 Å². The number of carboxylic acids is 1. The molecule has 18 heavy (non-hydrogen) atoms. The molecule has 1 aliphatic rings. The van der Waals surface area contributed by atoms with Crippen molar-refractivity contribution in [1.29, 1.82) is 0 Å². The van der Waals surface area contributed by atoms with Gasteiger partial charge in [0.2, 0.25) is 5.91 Å². The van der Waals surface area contributed by atoms with Crippen LogP contribution in [0.5, 0.6) is 0 Å². The number of hydrogen-bond donors (Lipinski definition) is 2. The fraction of sp³-hybridized carbons (Fsp3) is 0.727. The van der Waals surface area contributed by atoms with Crippen LogP contribution in [0.2, 0.25) is 0 Å². The Hall–Kier alpha value is -1.79. The number of likely N-dealkylation sites (N-methyl/N-ethyl adjacent to an activating group) is 1. The first-order valence-corrected chi connectivity index (χ1v) is 5.98. The summed E-state index contributed by atoms with van der Waals surface area (Å²) < 4.78 is 0. The van der Waals surface area contributed by atoms with Crippen LogP contribution in [0, 0.1) is 0 Å². The van der Waals surface area contributed by atoms with Crippen LogP contribution >= 0.6 is 0 Å². The highest BCUT2D eigenvalue weighted by molar-refractivity contribution is 5.83. The van der Waals surface area contributed by atoms with Gasteiger partial charge in [-0.05, 0) is 6.42 Å². The second-order valence-corrected chi connectivity index (χ2v) is 4.24. The Labute approximate surface area is 106 Å². The molecule has 1 fully saturated rings. The largest absolute Gasteiger partial charge is 0.480 e. The van der Waals surface area contributed by atoms with Gasteiger partial charge in [0.25, 0.3) is 0 Å². The first kappa shape index (κ1) is 14.3. The minimum absolute atomic E-state index is 0.0850. The van der Waals surface area contributed by atoms with E-state index in [1.807, 2.05) is 0 Å². The lowest BCUT2D eigenvalue weighted by Crippen LogP contribution is -2.49. The molecule has 0 aromatic rings. The highest BCUT2D eigenvalue weighted by atomic mass is 16.4. The third kappa shape index (κ3) is 3.35. The molecular formula is C11H19N3O4. The van der Waals surface area contributed by atoms with Gasteiger partial charge in [-0.3, -0.25) is 4.79 Å². The second-order valence-electron chi connectivity index (χ2n) is 4.24. The summed E-state index contributed by atoms with van der Waals surface area (Å²) in [5.74, 6) is -1.10. The molecule has 0 radical (unpaired) electrons. The van der Waals surface area contributed by atoms with Crippen molar-refractivity contribution in [2.45, 2.75) is 25.8 Å². The van der Waals surface area contributed by atoms with E-state index in [9.17, 15) is 14.4 Å². The minimum atomic E-state index is -1.02. The van der Waals surface area contributed by atoms with Crippen LogP contribution < -0.4 is 5.32 Å². The van der Waals surface area contributed by atoms with Gasteiger partial charge in [0.15, 0.2) is 0 Å². The lowest BCUT2D eigenvalue weighted by atomic mass is 10.2. The predicted octanol–water partition coefficient (Wildman–Crippen LogP) is -0.277. The quantitative estimate of drug-likeness (QED) is 0.728. The number of nitrogens with one attached hydrogen (secondary N) is 1. The van der Waals surface area contributed by atoms with E-state index in [1.54, 1.807) is 6.92 Å². The maximum absolute atomic E-state index is 12.1. The molecule has 0 spiro atoms. The maximum Gasteiger partial charge on any atom is 0.326 e. The highest BCUT2D eigenvalue weighted by Gasteiger charge is 2.29. The van der Waals surface area contributed by atoms with Gasteiger partial charge in [0.1, 0.15) is 6.04 Å². The van der Waals surface area contributed by atoms with Crippen molar-refractivity contribution in [2.24, 2.45) is 0 Å². The number of carboxylic acid groups (broad SMARTS) is 1. The van der Waals surface area contributed by atoms with Gasteiger partial charge in [-0.25, -0.2) is 9.59 Å². The fourth-order valence-electron chi connectivity index (χ4n) is 1.93. The minimum Gasteiger partial charge on any atom is -0.480 e. The Kier molecular flexibility index (Phi) is 4.94. The molecule has 0 aromatic carbocycles. The zero-order valence-electron chi connectivity index (χ0n) is 10.7. The number of aliphatic carboxylic acids is 1. The van der Waals surface area contributed by atoms with Crippen LogP contribution in [0.4, 0.5) is 4.79 Å². The highest BCUT2D eigenvalue weighted by Crippen LogP contribution is 2.08. The number of carbonyl (C=O) groups excluding carboxylic acids is 2. The topological polar surface area (TPSA) is 89.9 Å². The third-order valence-corrected chi connectivity index (χ3v) is 3.02. The van der Waals surface area contributed by atoms with Crippen molar-refractivity contribution in [2.75, 3.05) is 26.7 Å². The summed E-state index contributed by atoms with van der Waals surface area (Å²) in [6, 6.07) is -1.18. The number of hydrogen-bond acceptors (Lipinski definition) is 3. The molecule has 7 heteroatoms. The molecule has 1 saturated heterocycles. The Bertz CT molecular complexity index is 345. The summed E-state index contributed by atoms with van der Waals surface area (Å²) in [6.45, 7) is 2.86. The summed E-state index contributed by atoms with van der Waals surface area (Å²) in [4.78, 5) is 37.0. The van der Waals surface area contributed by atoms with Gasteiger partial charge in [0.05, 0.1) is 0 Å². The average Bonchev–Trinajstić information content (AvgIpc) is 2.53. The lowest BCUT2D eigenvalue weighted by Gasteiger charge is -2.30. The standard InChI is InChI=1S/C11H19N3O4/c1-3-8(10(16)17)13(2)11(18)14-6-4-9(15)12-5-7-14/h8H,3-7H2,1-2H3,(H,12,15)(H,16,17). The van der Waals surface area contributed by atoms with Crippen LogP contribution in [-0.2, 0) is 9.59 Å².